The lowest BCUT2D eigenvalue weighted by Crippen LogP contribution is -3.15. The summed E-state index contributed by atoms with van der Waals surface area (Å²) in [6.45, 7) is 6.72. The summed E-state index contributed by atoms with van der Waals surface area (Å²) in [4.78, 5) is 13.7. The van der Waals surface area contributed by atoms with Crippen LogP contribution in [-0.2, 0) is 14.8 Å². The first-order chi connectivity index (χ1) is 11.6. The average Bonchev–Trinajstić information content (AvgIpc) is 2.47. The number of halogens is 1. The molecule has 2 rings (SSSR count). The van der Waals surface area contributed by atoms with Crippen molar-refractivity contribution in [2.75, 3.05) is 39.0 Å². The molecule has 1 aromatic rings. The number of sulfonamides is 1. The zero-order valence-corrected chi connectivity index (χ0v) is 16.7. The predicted octanol–water partition coefficient (Wildman–Crippen LogP) is 1.09. The number of amides is 1. The van der Waals surface area contributed by atoms with Crippen LogP contribution in [0.2, 0.25) is 5.02 Å². The van der Waals surface area contributed by atoms with Gasteiger partial charge in [0, 0.05) is 25.9 Å². The van der Waals surface area contributed by atoms with Gasteiger partial charge in [-0.3, -0.25) is 4.79 Å². The van der Waals surface area contributed by atoms with Crippen molar-refractivity contribution in [2.24, 2.45) is 11.8 Å². The largest absolute Gasteiger partial charge is 0.327 e. The Balaban J connectivity index is 2.10. The van der Waals surface area contributed by atoms with Gasteiger partial charge in [-0.05, 0) is 24.6 Å². The molecule has 1 fully saturated rings. The Morgan fingerprint density at radius 1 is 1.28 bits per heavy atom. The van der Waals surface area contributed by atoms with Gasteiger partial charge in [-0.1, -0.05) is 25.4 Å². The van der Waals surface area contributed by atoms with Crippen molar-refractivity contribution < 1.29 is 18.1 Å². The van der Waals surface area contributed by atoms with Crippen LogP contribution in [0.1, 0.15) is 20.3 Å². The molecule has 140 valence electrons. The molecule has 1 aliphatic rings. The standard InChI is InChI=1S/C17H26ClN3O3S/c1-12-7-13(2)10-21(9-12)11-17(22)19-16-8-14(5-6-15(16)18)25(23,24)20(3)4/h5-6,8,12-13H,7,9-11H2,1-4H3,(H,19,22)/p+1/t12-,13-/m0/s1. The van der Waals surface area contributed by atoms with E-state index in [4.69, 9.17) is 11.6 Å². The molecule has 1 aromatic carbocycles. The average molecular weight is 389 g/mol. The van der Waals surface area contributed by atoms with Crippen LogP contribution in [0.5, 0.6) is 0 Å². The van der Waals surface area contributed by atoms with Crippen LogP contribution in [0.15, 0.2) is 23.1 Å². The Labute approximate surface area is 155 Å². The SMILES string of the molecule is C[C@H]1C[C@H](C)C[NH+](CC(=O)Nc2cc(S(=O)(=O)N(C)C)ccc2Cl)C1. The highest BCUT2D eigenvalue weighted by Gasteiger charge is 2.27. The molecule has 2 atom stereocenters. The van der Waals surface area contributed by atoms with Crippen LogP contribution in [-0.4, -0.2) is 52.4 Å². The third-order valence-electron chi connectivity index (χ3n) is 4.48. The van der Waals surface area contributed by atoms with Crippen molar-refractivity contribution in [3.63, 3.8) is 0 Å². The molecular weight excluding hydrogens is 362 g/mol. The molecule has 1 aliphatic heterocycles. The van der Waals surface area contributed by atoms with Gasteiger partial charge in [-0.25, -0.2) is 12.7 Å². The first-order valence-corrected chi connectivity index (χ1v) is 10.3. The minimum atomic E-state index is -3.58. The second-order valence-corrected chi connectivity index (χ2v) is 9.82. The van der Waals surface area contributed by atoms with Gasteiger partial charge in [-0.2, -0.15) is 0 Å². The van der Waals surface area contributed by atoms with Crippen molar-refractivity contribution in [3.05, 3.63) is 23.2 Å². The summed E-state index contributed by atoms with van der Waals surface area (Å²) in [6, 6.07) is 4.34. The summed E-state index contributed by atoms with van der Waals surface area (Å²) in [6.07, 6.45) is 1.20. The summed E-state index contributed by atoms with van der Waals surface area (Å²) < 4.78 is 25.6. The van der Waals surface area contributed by atoms with E-state index >= 15 is 0 Å². The maximum absolute atomic E-state index is 12.4. The number of piperidine rings is 1. The fourth-order valence-corrected chi connectivity index (χ4v) is 4.55. The number of nitrogens with one attached hydrogen (secondary N) is 2. The first-order valence-electron chi connectivity index (χ1n) is 8.45. The minimum absolute atomic E-state index is 0.102. The van der Waals surface area contributed by atoms with Crippen molar-refractivity contribution >= 4 is 33.2 Å². The minimum Gasteiger partial charge on any atom is -0.327 e. The summed E-state index contributed by atoms with van der Waals surface area (Å²) in [5.41, 5.74) is 0.326. The molecule has 1 saturated heterocycles. The van der Waals surface area contributed by atoms with Crippen molar-refractivity contribution in [1.82, 2.24) is 4.31 Å². The molecule has 0 unspecified atom stereocenters. The van der Waals surface area contributed by atoms with Gasteiger partial charge in [0.1, 0.15) is 0 Å². The number of anilines is 1. The van der Waals surface area contributed by atoms with Gasteiger partial charge >= 0.3 is 0 Å². The number of carbonyl (C=O) groups is 1. The zero-order valence-electron chi connectivity index (χ0n) is 15.2. The van der Waals surface area contributed by atoms with E-state index in [-0.39, 0.29) is 10.8 Å². The highest BCUT2D eigenvalue weighted by molar-refractivity contribution is 7.89. The fourth-order valence-electron chi connectivity index (χ4n) is 3.46. The quantitative estimate of drug-likeness (QED) is 0.793. The molecule has 0 aliphatic carbocycles. The van der Waals surface area contributed by atoms with E-state index < -0.39 is 10.0 Å². The topological polar surface area (TPSA) is 70.9 Å². The molecule has 0 radical (unpaired) electrons. The Morgan fingerprint density at radius 2 is 1.88 bits per heavy atom. The second-order valence-electron chi connectivity index (χ2n) is 7.26. The number of benzene rings is 1. The van der Waals surface area contributed by atoms with Gasteiger partial charge in [0.2, 0.25) is 10.0 Å². The summed E-state index contributed by atoms with van der Waals surface area (Å²) in [5, 5.41) is 3.08. The number of hydrogen-bond donors (Lipinski definition) is 2. The lowest BCUT2D eigenvalue weighted by Gasteiger charge is -2.31. The monoisotopic (exact) mass is 388 g/mol. The van der Waals surface area contributed by atoms with Gasteiger partial charge in [0.25, 0.3) is 5.91 Å². The van der Waals surface area contributed by atoms with Crippen LogP contribution in [0.4, 0.5) is 5.69 Å². The Hall–Kier alpha value is -1.15. The number of rotatable bonds is 5. The van der Waals surface area contributed by atoms with Crippen LogP contribution >= 0.6 is 11.6 Å². The first kappa shape index (κ1) is 20.2. The molecule has 1 heterocycles. The molecule has 0 bridgehead atoms. The number of nitrogens with zero attached hydrogens (tertiary/aromatic N) is 1. The van der Waals surface area contributed by atoms with Gasteiger partial charge in [0.15, 0.2) is 6.54 Å². The van der Waals surface area contributed by atoms with E-state index in [1.165, 1.54) is 43.6 Å². The Morgan fingerprint density at radius 3 is 2.44 bits per heavy atom. The Bertz CT molecular complexity index is 727. The van der Waals surface area contributed by atoms with E-state index in [1.54, 1.807) is 0 Å². The van der Waals surface area contributed by atoms with Crippen molar-refractivity contribution in [1.29, 1.82) is 0 Å². The maximum Gasteiger partial charge on any atom is 0.279 e. The fraction of sp³-hybridized carbons (Fsp3) is 0.588. The van der Waals surface area contributed by atoms with E-state index in [2.05, 4.69) is 19.2 Å². The van der Waals surface area contributed by atoms with E-state index in [9.17, 15) is 13.2 Å². The lowest BCUT2D eigenvalue weighted by molar-refractivity contribution is -0.904. The predicted molar refractivity (Wildman–Crippen MR) is 99.5 cm³/mol. The molecule has 6 nitrogen and oxygen atoms in total. The van der Waals surface area contributed by atoms with Crippen LogP contribution in [0.3, 0.4) is 0 Å². The molecule has 0 aromatic heterocycles. The summed E-state index contributed by atoms with van der Waals surface area (Å²) >= 11 is 6.13. The summed E-state index contributed by atoms with van der Waals surface area (Å²) in [7, 11) is -0.650. The smallest absolute Gasteiger partial charge is 0.279 e. The third kappa shape index (κ3) is 5.17. The molecule has 25 heavy (non-hydrogen) atoms. The van der Waals surface area contributed by atoms with Crippen LogP contribution in [0.25, 0.3) is 0 Å². The highest BCUT2D eigenvalue weighted by atomic mass is 35.5. The van der Waals surface area contributed by atoms with Crippen LogP contribution in [0, 0.1) is 11.8 Å². The normalized spacial score (nSPS) is 24.3. The number of hydrogen-bond acceptors (Lipinski definition) is 3. The lowest BCUT2D eigenvalue weighted by atomic mass is 9.92. The van der Waals surface area contributed by atoms with Gasteiger partial charge in [0.05, 0.1) is 28.7 Å². The zero-order chi connectivity index (χ0) is 18.8. The Kier molecular flexibility index (Phi) is 6.48. The maximum atomic E-state index is 12.4. The third-order valence-corrected chi connectivity index (χ3v) is 6.62. The van der Waals surface area contributed by atoms with Gasteiger partial charge in [-0.15, -0.1) is 0 Å². The second kappa shape index (κ2) is 8.03. The number of carbonyl (C=O) groups excluding carboxylic acids is 1. The molecular formula is C17H27ClN3O3S+. The van der Waals surface area contributed by atoms with E-state index in [0.29, 0.717) is 29.1 Å². The van der Waals surface area contributed by atoms with E-state index in [1.807, 2.05) is 0 Å². The number of likely N-dealkylation sites (tertiary alicyclic amines) is 1. The van der Waals surface area contributed by atoms with Crippen molar-refractivity contribution in [3.8, 4) is 0 Å². The molecule has 0 spiro atoms. The molecule has 2 N–H and O–H groups in total. The number of quaternary nitrogens is 1. The van der Waals surface area contributed by atoms with Crippen LogP contribution < -0.4 is 10.2 Å². The van der Waals surface area contributed by atoms with Gasteiger partial charge < -0.3 is 10.2 Å². The van der Waals surface area contributed by atoms with E-state index in [0.717, 1.165) is 17.4 Å². The molecule has 8 heteroatoms. The molecule has 0 saturated carbocycles. The highest BCUT2D eigenvalue weighted by Crippen LogP contribution is 2.26. The van der Waals surface area contributed by atoms with Crippen molar-refractivity contribution in [2.45, 2.75) is 25.2 Å². The molecule has 1 amide bonds. The summed E-state index contributed by atoms with van der Waals surface area (Å²) in [5.74, 6) is 1.05.